The molecule has 0 aromatic heterocycles. The smallest absolute Gasteiger partial charge is 0.263 e. The van der Waals surface area contributed by atoms with Crippen LogP contribution >= 0.6 is 0 Å². The summed E-state index contributed by atoms with van der Waals surface area (Å²) in [6.45, 7) is -0.275. The van der Waals surface area contributed by atoms with Crippen LogP contribution in [0.1, 0.15) is 0 Å². The van der Waals surface area contributed by atoms with Crippen LogP contribution in [0.25, 0.3) is 0 Å². The lowest BCUT2D eigenvalue weighted by molar-refractivity contribution is -0.123. The molecule has 0 saturated carbocycles. The van der Waals surface area contributed by atoms with E-state index in [2.05, 4.69) is 15.7 Å². The molecule has 1 saturated heterocycles. The highest BCUT2D eigenvalue weighted by atomic mass is 19.1. The van der Waals surface area contributed by atoms with Gasteiger partial charge in [0.05, 0.1) is 5.69 Å². The zero-order chi connectivity index (χ0) is 23.7. The molecule has 0 aliphatic carbocycles. The third-order valence-corrected chi connectivity index (χ3v) is 5.37. The van der Waals surface area contributed by atoms with Crippen molar-refractivity contribution in [2.45, 2.75) is 12.1 Å². The van der Waals surface area contributed by atoms with Crippen molar-refractivity contribution in [3.05, 3.63) is 84.7 Å². The van der Waals surface area contributed by atoms with E-state index in [1.807, 2.05) is 30.3 Å². The Balaban J connectivity index is 1.22. The van der Waals surface area contributed by atoms with Crippen LogP contribution in [0, 0.1) is 5.82 Å². The fourth-order valence-corrected chi connectivity index (χ4v) is 3.78. The molecule has 3 aromatic rings. The molecular formula is C24H18FN5O4. The lowest BCUT2D eigenvalue weighted by Crippen LogP contribution is -2.43. The largest absolute Gasteiger partial charge is 0.457 e. The van der Waals surface area contributed by atoms with Crippen LogP contribution in [0.4, 0.5) is 15.8 Å². The number of amides is 3. The zero-order valence-corrected chi connectivity index (χ0v) is 17.7. The second-order valence-electron chi connectivity index (χ2n) is 7.67. The molecule has 0 unspecified atom stereocenters. The number of fused-ring (bicyclic) bond motifs is 1. The van der Waals surface area contributed by atoms with Gasteiger partial charge in [0.1, 0.15) is 23.9 Å². The monoisotopic (exact) mass is 459 g/mol. The summed E-state index contributed by atoms with van der Waals surface area (Å²) in [5, 5.41) is 11.7. The number of nitrogens with one attached hydrogen (secondary N) is 1. The average molecular weight is 459 g/mol. The van der Waals surface area contributed by atoms with Crippen molar-refractivity contribution in [1.29, 1.82) is 0 Å². The summed E-state index contributed by atoms with van der Waals surface area (Å²) < 4.78 is 18.9. The van der Waals surface area contributed by atoms with Crippen LogP contribution in [0.2, 0.25) is 0 Å². The number of ether oxygens (including phenoxy) is 1. The average Bonchev–Trinajstić information content (AvgIpc) is 3.36. The molecule has 2 aliphatic rings. The van der Waals surface area contributed by atoms with Gasteiger partial charge in [0.15, 0.2) is 12.1 Å². The van der Waals surface area contributed by atoms with Gasteiger partial charge in [0.2, 0.25) is 5.91 Å². The normalized spacial score (nSPS) is 18.9. The van der Waals surface area contributed by atoms with Gasteiger partial charge >= 0.3 is 0 Å². The first-order chi connectivity index (χ1) is 16.5. The molecule has 1 fully saturated rings. The van der Waals surface area contributed by atoms with E-state index < -0.39 is 35.6 Å². The van der Waals surface area contributed by atoms with E-state index in [0.717, 1.165) is 17.0 Å². The molecule has 5 rings (SSSR count). The lowest BCUT2D eigenvalue weighted by Gasteiger charge is -2.20. The van der Waals surface area contributed by atoms with Crippen LogP contribution in [0.3, 0.4) is 0 Å². The maximum atomic E-state index is 13.2. The number of carbonyl (C=O) groups excluding carboxylic acids is 3. The molecule has 2 heterocycles. The third kappa shape index (κ3) is 4.08. The van der Waals surface area contributed by atoms with E-state index in [1.54, 1.807) is 24.3 Å². The summed E-state index contributed by atoms with van der Waals surface area (Å²) in [7, 11) is 0. The number of para-hydroxylation sites is 1. The maximum absolute atomic E-state index is 13.2. The molecule has 2 aliphatic heterocycles. The first kappa shape index (κ1) is 21.3. The predicted octanol–water partition coefficient (Wildman–Crippen LogP) is 3.55. The minimum atomic E-state index is -1.04. The number of carbonyl (C=O) groups is 3. The number of anilines is 2. The molecule has 2 atom stereocenters. The third-order valence-electron chi connectivity index (χ3n) is 5.37. The van der Waals surface area contributed by atoms with E-state index in [4.69, 9.17) is 4.74 Å². The van der Waals surface area contributed by atoms with Crippen LogP contribution < -0.4 is 15.0 Å². The molecule has 10 heteroatoms. The highest BCUT2D eigenvalue weighted by Gasteiger charge is 2.55. The lowest BCUT2D eigenvalue weighted by atomic mass is 10.1. The number of imide groups is 1. The van der Waals surface area contributed by atoms with Gasteiger partial charge in [0.25, 0.3) is 11.8 Å². The Kier molecular flexibility index (Phi) is 5.46. The fourth-order valence-electron chi connectivity index (χ4n) is 3.78. The molecule has 0 spiro atoms. The number of hydrogen-bond donors (Lipinski definition) is 1. The highest BCUT2D eigenvalue weighted by molar-refractivity contribution is 6.25. The fraction of sp³-hybridized carbons (Fsp3) is 0.125. The quantitative estimate of drug-likeness (QED) is 0.568. The first-order valence-corrected chi connectivity index (χ1v) is 10.4. The topological polar surface area (TPSA) is 104 Å². The van der Waals surface area contributed by atoms with Gasteiger partial charge in [-0.05, 0) is 60.7 Å². The molecule has 3 amide bonds. The number of benzene rings is 3. The van der Waals surface area contributed by atoms with Crippen LogP contribution in [0.5, 0.6) is 11.5 Å². The Hall–Kier alpha value is -4.60. The van der Waals surface area contributed by atoms with Gasteiger partial charge in [-0.1, -0.05) is 23.4 Å². The van der Waals surface area contributed by atoms with Crippen LogP contribution in [-0.4, -0.2) is 41.4 Å². The second-order valence-corrected chi connectivity index (χ2v) is 7.67. The SMILES string of the molecule is O=C(CN1N=N[C@@H]2C(=O)N(c3ccc(F)cc3)C(=O)[C@@H]21)Nc1ccc(Oc2ccccc2)cc1. The Bertz CT molecular complexity index is 1260. The Morgan fingerprint density at radius 2 is 1.59 bits per heavy atom. The highest BCUT2D eigenvalue weighted by Crippen LogP contribution is 2.32. The van der Waals surface area contributed by atoms with Crippen molar-refractivity contribution >= 4 is 29.1 Å². The van der Waals surface area contributed by atoms with Crippen molar-refractivity contribution in [2.24, 2.45) is 10.3 Å². The summed E-state index contributed by atoms with van der Waals surface area (Å²) in [5.41, 5.74) is 0.767. The van der Waals surface area contributed by atoms with Gasteiger partial charge in [-0.25, -0.2) is 9.29 Å². The Morgan fingerprint density at radius 1 is 0.912 bits per heavy atom. The van der Waals surface area contributed by atoms with E-state index in [1.165, 1.54) is 17.1 Å². The van der Waals surface area contributed by atoms with E-state index in [9.17, 15) is 18.8 Å². The zero-order valence-electron chi connectivity index (χ0n) is 17.7. The van der Waals surface area contributed by atoms with Gasteiger partial charge in [-0.3, -0.25) is 19.4 Å². The van der Waals surface area contributed by atoms with Gasteiger partial charge in [0, 0.05) is 5.69 Å². The second kappa shape index (κ2) is 8.74. The predicted molar refractivity (Wildman–Crippen MR) is 120 cm³/mol. The molecular weight excluding hydrogens is 441 g/mol. The molecule has 0 radical (unpaired) electrons. The maximum Gasteiger partial charge on any atom is 0.263 e. The minimum absolute atomic E-state index is 0.239. The molecule has 3 aromatic carbocycles. The molecule has 1 N–H and O–H groups in total. The number of halogens is 1. The van der Waals surface area contributed by atoms with Crippen molar-refractivity contribution in [2.75, 3.05) is 16.8 Å². The van der Waals surface area contributed by atoms with Crippen molar-refractivity contribution in [3.63, 3.8) is 0 Å². The number of hydrogen-bond acceptors (Lipinski definition) is 7. The first-order valence-electron chi connectivity index (χ1n) is 10.4. The van der Waals surface area contributed by atoms with Crippen molar-refractivity contribution < 1.29 is 23.5 Å². The molecule has 9 nitrogen and oxygen atoms in total. The standard InChI is InChI=1S/C24H18FN5O4/c25-15-6-10-17(11-7-15)30-23(32)21-22(24(30)33)29(28-27-21)14-20(31)26-16-8-12-19(13-9-16)34-18-4-2-1-3-5-18/h1-13,21-22H,14H2,(H,26,31)/t21-,22+/m0/s1. The summed E-state index contributed by atoms with van der Waals surface area (Å²) >= 11 is 0. The summed E-state index contributed by atoms with van der Waals surface area (Å²) in [4.78, 5) is 39.1. The van der Waals surface area contributed by atoms with E-state index in [-0.39, 0.29) is 12.2 Å². The number of rotatable bonds is 6. The van der Waals surface area contributed by atoms with Gasteiger partial charge in [-0.2, -0.15) is 5.11 Å². The van der Waals surface area contributed by atoms with Gasteiger partial charge < -0.3 is 10.1 Å². The van der Waals surface area contributed by atoms with Crippen molar-refractivity contribution in [3.8, 4) is 11.5 Å². The summed E-state index contributed by atoms with van der Waals surface area (Å²) in [5.74, 6) is -0.753. The van der Waals surface area contributed by atoms with Gasteiger partial charge in [-0.15, -0.1) is 0 Å². The molecule has 34 heavy (non-hydrogen) atoms. The van der Waals surface area contributed by atoms with Crippen molar-refractivity contribution in [1.82, 2.24) is 5.01 Å². The Morgan fingerprint density at radius 3 is 2.29 bits per heavy atom. The van der Waals surface area contributed by atoms with Crippen LogP contribution in [-0.2, 0) is 14.4 Å². The molecule has 0 bridgehead atoms. The van der Waals surface area contributed by atoms with E-state index in [0.29, 0.717) is 17.2 Å². The Labute approximate surface area is 193 Å². The minimum Gasteiger partial charge on any atom is -0.457 e. The van der Waals surface area contributed by atoms with Crippen LogP contribution in [0.15, 0.2) is 89.2 Å². The summed E-state index contributed by atoms with van der Waals surface area (Å²) in [6.07, 6.45) is 0. The number of nitrogens with zero attached hydrogens (tertiary/aromatic N) is 4. The molecule has 170 valence electrons. The van der Waals surface area contributed by atoms with E-state index >= 15 is 0 Å². The summed E-state index contributed by atoms with van der Waals surface area (Å²) in [6, 6.07) is 19.0.